The van der Waals surface area contributed by atoms with Crippen molar-refractivity contribution >= 4 is 17.7 Å². The fourth-order valence-electron chi connectivity index (χ4n) is 2.83. The highest BCUT2D eigenvalue weighted by Gasteiger charge is 2.29. The molecule has 2 fully saturated rings. The molecular weight excluding hydrogens is 272 g/mol. The van der Waals surface area contributed by atoms with Crippen LogP contribution in [-0.2, 0) is 9.53 Å². The lowest BCUT2D eigenvalue weighted by atomic mass is 10.1. The highest BCUT2D eigenvalue weighted by atomic mass is 32.2. The van der Waals surface area contributed by atoms with E-state index >= 15 is 0 Å². The number of likely N-dealkylation sites (N-methyl/N-ethyl adjacent to an activating group) is 1. The number of rotatable bonds is 7. The van der Waals surface area contributed by atoms with Crippen molar-refractivity contribution in [3.8, 4) is 0 Å². The fraction of sp³-hybridized carbons (Fsp3) is 0.933. The number of hydrogen-bond acceptors (Lipinski definition) is 4. The molecule has 1 amide bonds. The molecule has 2 unspecified atom stereocenters. The number of morpholine rings is 1. The van der Waals surface area contributed by atoms with Crippen molar-refractivity contribution in [1.29, 1.82) is 0 Å². The van der Waals surface area contributed by atoms with Gasteiger partial charge in [0, 0.05) is 37.8 Å². The molecule has 5 heteroatoms. The third kappa shape index (κ3) is 4.93. The Morgan fingerprint density at radius 1 is 1.45 bits per heavy atom. The van der Waals surface area contributed by atoms with Crippen LogP contribution in [0.25, 0.3) is 0 Å². The maximum absolute atomic E-state index is 12.4. The molecule has 2 aliphatic rings. The van der Waals surface area contributed by atoms with Gasteiger partial charge in [0.2, 0.25) is 5.91 Å². The van der Waals surface area contributed by atoms with Crippen LogP contribution in [-0.4, -0.2) is 73.7 Å². The van der Waals surface area contributed by atoms with Gasteiger partial charge in [-0.25, -0.2) is 0 Å². The van der Waals surface area contributed by atoms with E-state index in [9.17, 15) is 4.79 Å². The number of nitrogens with zero attached hydrogens (tertiary/aromatic N) is 2. The maximum atomic E-state index is 12.4. The molecule has 1 saturated heterocycles. The second-order valence-corrected chi connectivity index (χ2v) is 7.21. The van der Waals surface area contributed by atoms with E-state index in [-0.39, 0.29) is 17.9 Å². The smallest absolute Gasteiger partial charge is 0.226 e. The zero-order chi connectivity index (χ0) is 14.5. The second-order valence-electron chi connectivity index (χ2n) is 6.30. The first-order valence-corrected chi connectivity index (χ1v) is 9.07. The van der Waals surface area contributed by atoms with E-state index in [1.165, 1.54) is 19.4 Å². The van der Waals surface area contributed by atoms with E-state index in [1.54, 1.807) is 11.8 Å². The van der Waals surface area contributed by atoms with Gasteiger partial charge in [-0.15, -0.1) is 0 Å². The molecule has 0 radical (unpaired) electrons. The topological polar surface area (TPSA) is 32.8 Å². The summed E-state index contributed by atoms with van der Waals surface area (Å²) in [6, 6.07) is 0. The van der Waals surface area contributed by atoms with Crippen LogP contribution in [0.1, 0.15) is 19.8 Å². The molecule has 116 valence electrons. The second kappa shape index (κ2) is 7.66. The molecule has 0 spiro atoms. The van der Waals surface area contributed by atoms with Crippen molar-refractivity contribution in [2.24, 2.45) is 11.8 Å². The Labute approximate surface area is 127 Å². The van der Waals surface area contributed by atoms with E-state index in [2.05, 4.69) is 18.2 Å². The molecule has 0 N–H and O–H groups in total. The van der Waals surface area contributed by atoms with Gasteiger partial charge in [0.1, 0.15) is 0 Å². The summed E-state index contributed by atoms with van der Waals surface area (Å²) in [5.41, 5.74) is 0. The summed E-state index contributed by atoms with van der Waals surface area (Å²) in [4.78, 5) is 16.7. The van der Waals surface area contributed by atoms with Crippen LogP contribution < -0.4 is 0 Å². The van der Waals surface area contributed by atoms with Crippen molar-refractivity contribution in [2.45, 2.75) is 25.9 Å². The van der Waals surface area contributed by atoms with Crippen molar-refractivity contribution < 1.29 is 9.53 Å². The molecule has 0 aromatic carbocycles. The molecule has 4 nitrogen and oxygen atoms in total. The summed E-state index contributed by atoms with van der Waals surface area (Å²) in [5.74, 6) is 2.22. The van der Waals surface area contributed by atoms with Crippen LogP contribution in [0.4, 0.5) is 0 Å². The van der Waals surface area contributed by atoms with E-state index in [0.717, 1.165) is 31.3 Å². The van der Waals surface area contributed by atoms with Crippen LogP contribution in [0.2, 0.25) is 0 Å². The van der Waals surface area contributed by atoms with Gasteiger partial charge >= 0.3 is 0 Å². The highest BCUT2D eigenvalue weighted by Crippen LogP contribution is 2.29. The summed E-state index contributed by atoms with van der Waals surface area (Å²) in [6.07, 6.45) is 5.00. The van der Waals surface area contributed by atoms with Crippen LogP contribution >= 0.6 is 11.8 Å². The number of amides is 1. The zero-order valence-corrected chi connectivity index (χ0v) is 13.8. The van der Waals surface area contributed by atoms with Gasteiger partial charge in [-0.2, -0.15) is 11.8 Å². The van der Waals surface area contributed by atoms with Crippen molar-refractivity contribution in [2.75, 3.05) is 51.8 Å². The van der Waals surface area contributed by atoms with Gasteiger partial charge in [-0.3, -0.25) is 4.79 Å². The van der Waals surface area contributed by atoms with E-state index in [4.69, 9.17) is 4.74 Å². The lowest BCUT2D eigenvalue weighted by Crippen LogP contribution is -2.50. The average molecular weight is 300 g/mol. The molecule has 1 aliphatic heterocycles. The van der Waals surface area contributed by atoms with Crippen LogP contribution in [0.15, 0.2) is 0 Å². The summed E-state index contributed by atoms with van der Waals surface area (Å²) in [5, 5.41) is 0. The van der Waals surface area contributed by atoms with Gasteiger partial charge in [-0.05, 0) is 32.1 Å². The molecule has 2 rings (SSSR count). The maximum Gasteiger partial charge on any atom is 0.226 e. The third-order valence-corrected chi connectivity index (χ3v) is 4.90. The SMILES string of the molecule is CSCC(C)C(=O)N1CCOC(CN(C)CC2CC2)C1. The normalized spacial score (nSPS) is 25.0. The summed E-state index contributed by atoms with van der Waals surface area (Å²) >= 11 is 1.74. The van der Waals surface area contributed by atoms with Crippen molar-refractivity contribution in [1.82, 2.24) is 9.80 Å². The monoisotopic (exact) mass is 300 g/mol. The average Bonchev–Trinajstić information content (AvgIpc) is 3.22. The van der Waals surface area contributed by atoms with Crippen LogP contribution in [0.3, 0.4) is 0 Å². The van der Waals surface area contributed by atoms with Gasteiger partial charge < -0.3 is 14.5 Å². The number of ether oxygens (including phenoxy) is 1. The Balaban J connectivity index is 1.76. The third-order valence-electron chi connectivity index (χ3n) is 4.07. The minimum Gasteiger partial charge on any atom is -0.373 e. The molecule has 1 aliphatic carbocycles. The number of carbonyl (C=O) groups is 1. The molecule has 0 bridgehead atoms. The molecule has 1 saturated carbocycles. The first-order valence-electron chi connectivity index (χ1n) is 7.68. The van der Waals surface area contributed by atoms with Crippen LogP contribution in [0.5, 0.6) is 0 Å². The molecule has 0 aromatic rings. The van der Waals surface area contributed by atoms with Gasteiger partial charge in [0.05, 0.1) is 12.7 Å². The number of carbonyl (C=O) groups excluding carboxylic acids is 1. The Hall–Kier alpha value is -0.260. The lowest BCUT2D eigenvalue weighted by Gasteiger charge is -2.36. The van der Waals surface area contributed by atoms with E-state index in [1.807, 2.05) is 11.8 Å². The summed E-state index contributed by atoms with van der Waals surface area (Å²) in [6.45, 7) is 6.34. The fourth-order valence-corrected chi connectivity index (χ4v) is 3.47. The number of thioether (sulfide) groups is 1. The van der Waals surface area contributed by atoms with Crippen LogP contribution in [0, 0.1) is 11.8 Å². The lowest BCUT2D eigenvalue weighted by molar-refractivity contribution is -0.142. The van der Waals surface area contributed by atoms with Crippen molar-refractivity contribution in [3.05, 3.63) is 0 Å². The van der Waals surface area contributed by atoms with Gasteiger partial charge in [0.25, 0.3) is 0 Å². The molecule has 1 heterocycles. The van der Waals surface area contributed by atoms with E-state index < -0.39 is 0 Å². The predicted molar refractivity (Wildman–Crippen MR) is 84.1 cm³/mol. The Bertz CT molecular complexity index is 323. The molecular formula is C15H28N2O2S. The Morgan fingerprint density at radius 3 is 2.85 bits per heavy atom. The minimum atomic E-state index is 0.118. The van der Waals surface area contributed by atoms with Crippen molar-refractivity contribution in [3.63, 3.8) is 0 Å². The quantitative estimate of drug-likeness (QED) is 0.714. The van der Waals surface area contributed by atoms with Gasteiger partial charge in [0.15, 0.2) is 0 Å². The minimum absolute atomic E-state index is 0.118. The first kappa shape index (κ1) is 16.1. The molecule has 20 heavy (non-hydrogen) atoms. The summed E-state index contributed by atoms with van der Waals surface area (Å²) < 4.78 is 5.83. The molecule has 0 aromatic heterocycles. The number of hydrogen-bond donors (Lipinski definition) is 0. The summed E-state index contributed by atoms with van der Waals surface area (Å²) in [7, 11) is 2.17. The largest absolute Gasteiger partial charge is 0.373 e. The molecule has 2 atom stereocenters. The first-order chi connectivity index (χ1) is 9.60. The van der Waals surface area contributed by atoms with Gasteiger partial charge in [-0.1, -0.05) is 6.92 Å². The predicted octanol–water partition coefficient (Wildman–Crippen LogP) is 1.55. The zero-order valence-electron chi connectivity index (χ0n) is 13.0. The Morgan fingerprint density at radius 2 is 2.20 bits per heavy atom. The highest BCUT2D eigenvalue weighted by molar-refractivity contribution is 7.98. The standard InChI is InChI=1S/C15H28N2O2S/c1-12(11-20-3)15(18)17-6-7-19-14(10-17)9-16(2)8-13-4-5-13/h12-14H,4-11H2,1-3H3. The Kier molecular flexibility index (Phi) is 6.18. The van der Waals surface area contributed by atoms with E-state index in [0.29, 0.717) is 6.61 Å².